The van der Waals surface area contributed by atoms with Gasteiger partial charge in [0.2, 0.25) is 5.88 Å². The zero-order chi connectivity index (χ0) is 14.7. The van der Waals surface area contributed by atoms with Crippen molar-refractivity contribution in [1.29, 1.82) is 0 Å². The summed E-state index contributed by atoms with van der Waals surface area (Å²) in [6, 6.07) is 7.22. The Morgan fingerprint density at radius 3 is 2.65 bits per heavy atom. The summed E-state index contributed by atoms with van der Waals surface area (Å²) in [4.78, 5) is 12.2. The van der Waals surface area contributed by atoms with Gasteiger partial charge in [-0.25, -0.2) is 0 Å². The Morgan fingerprint density at radius 1 is 1.35 bits per heavy atom. The first-order valence-electron chi connectivity index (χ1n) is 6.44. The Labute approximate surface area is 117 Å². The van der Waals surface area contributed by atoms with E-state index in [1.807, 2.05) is 12.1 Å². The van der Waals surface area contributed by atoms with Gasteiger partial charge < -0.3 is 9.26 Å². The molecule has 1 aromatic carbocycles. The van der Waals surface area contributed by atoms with Crippen molar-refractivity contribution in [1.82, 2.24) is 5.16 Å². The van der Waals surface area contributed by atoms with Gasteiger partial charge in [0.05, 0.1) is 18.4 Å². The minimum Gasteiger partial charge on any atom is -0.496 e. The van der Waals surface area contributed by atoms with Gasteiger partial charge in [-0.1, -0.05) is 25.1 Å². The largest absolute Gasteiger partial charge is 0.496 e. The number of carbonyl (C=O) groups excluding carboxylic acids is 1. The number of anilines is 1. The van der Waals surface area contributed by atoms with Crippen molar-refractivity contribution in [3.05, 3.63) is 41.1 Å². The highest BCUT2D eigenvalue weighted by Gasteiger charge is 2.15. The molecule has 2 aromatic rings. The molecule has 5 nitrogen and oxygen atoms in total. The molecule has 0 radical (unpaired) electrons. The number of hydrogen-bond donors (Lipinski definition) is 1. The first kappa shape index (κ1) is 14.1. The number of aryl methyl sites for hydroxylation is 1. The molecule has 1 N–H and O–H groups in total. The van der Waals surface area contributed by atoms with Crippen LogP contribution in [0.5, 0.6) is 5.75 Å². The second-order valence-corrected chi connectivity index (χ2v) is 4.90. The van der Waals surface area contributed by atoms with Crippen LogP contribution in [0.25, 0.3) is 0 Å². The number of rotatable bonds is 4. The van der Waals surface area contributed by atoms with E-state index in [1.165, 1.54) is 0 Å². The molecule has 5 heteroatoms. The summed E-state index contributed by atoms with van der Waals surface area (Å²) < 4.78 is 10.3. The highest BCUT2D eigenvalue weighted by atomic mass is 16.5. The van der Waals surface area contributed by atoms with Crippen LogP contribution in [0.2, 0.25) is 0 Å². The van der Waals surface area contributed by atoms with Crippen molar-refractivity contribution in [3.63, 3.8) is 0 Å². The van der Waals surface area contributed by atoms with Crippen molar-refractivity contribution in [2.45, 2.75) is 26.7 Å². The van der Waals surface area contributed by atoms with E-state index in [0.717, 1.165) is 5.56 Å². The van der Waals surface area contributed by atoms with E-state index in [1.54, 1.807) is 26.2 Å². The molecule has 0 spiro atoms. The second kappa shape index (κ2) is 5.77. The molecule has 2 rings (SSSR count). The van der Waals surface area contributed by atoms with Gasteiger partial charge >= 0.3 is 0 Å². The molecule has 1 heterocycles. The lowest BCUT2D eigenvalue weighted by molar-refractivity contribution is 0.102. The monoisotopic (exact) mass is 274 g/mol. The van der Waals surface area contributed by atoms with E-state index in [0.29, 0.717) is 28.8 Å². The average molecular weight is 274 g/mol. The first-order chi connectivity index (χ1) is 9.51. The molecule has 0 saturated heterocycles. The fraction of sp³-hybridized carbons (Fsp3) is 0.333. The summed E-state index contributed by atoms with van der Waals surface area (Å²) in [7, 11) is 1.55. The summed E-state index contributed by atoms with van der Waals surface area (Å²) in [6.45, 7) is 5.97. The van der Waals surface area contributed by atoms with Gasteiger partial charge in [0.1, 0.15) is 5.75 Å². The topological polar surface area (TPSA) is 64.4 Å². The quantitative estimate of drug-likeness (QED) is 0.928. The fourth-order valence-electron chi connectivity index (χ4n) is 1.86. The van der Waals surface area contributed by atoms with E-state index in [-0.39, 0.29) is 5.91 Å². The molecule has 20 heavy (non-hydrogen) atoms. The Morgan fingerprint density at radius 2 is 2.10 bits per heavy atom. The predicted molar refractivity (Wildman–Crippen MR) is 76.3 cm³/mol. The maximum Gasteiger partial charge on any atom is 0.261 e. The van der Waals surface area contributed by atoms with Crippen LogP contribution >= 0.6 is 0 Å². The highest BCUT2D eigenvalue weighted by molar-refractivity contribution is 6.05. The molecule has 0 aliphatic heterocycles. The van der Waals surface area contributed by atoms with Crippen molar-refractivity contribution in [2.24, 2.45) is 0 Å². The predicted octanol–water partition coefficient (Wildman–Crippen LogP) is 3.37. The molecule has 0 aliphatic carbocycles. The molecule has 0 unspecified atom stereocenters. The summed E-state index contributed by atoms with van der Waals surface area (Å²) in [5.74, 6) is 0.957. The van der Waals surface area contributed by atoms with E-state index >= 15 is 0 Å². The maximum atomic E-state index is 12.2. The van der Waals surface area contributed by atoms with Crippen LogP contribution in [0.15, 0.2) is 28.8 Å². The molecular weight excluding hydrogens is 256 g/mol. The van der Waals surface area contributed by atoms with Crippen molar-refractivity contribution in [2.75, 3.05) is 12.4 Å². The van der Waals surface area contributed by atoms with Crippen LogP contribution in [0.3, 0.4) is 0 Å². The number of benzene rings is 1. The van der Waals surface area contributed by atoms with Crippen LogP contribution in [0.4, 0.5) is 5.88 Å². The second-order valence-electron chi connectivity index (χ2n) is 4.90. The van der Waals surface area contributed by atoms with Gasteiger partial charge in [-0.15, -0.1) is 0 Å². The molecule has 0 atom stereocenters. The number of methoxy groups -OCH3 is 1. The normalized spacial score (nSPS) is 10.7. The van der Waals surface area contributed by atoms with Crippen molar-refractivity contribution >= 4 is 11.8 Å². The molecule has 1 amide bonds. The molecule has 0 bridgehead atoms. The van der Waals surface area contributed by atoms with Gasteiger partial charge in [0.15, 0.2) is 0 Å². The van der Waals surface area contributed by atoms with Gasteiger partial charge in [-0.3, -0.25) is 10.1 Å². The third-order valence-electron chi connectivity index (χ3n) is 3.00. The number of nitrogens with zero attached hydrogens (tertiary/aromatic N) is 1. The van der Waals surface area contributed by atoms with Gasteiger partial charge in [-0.05, 0) is 30.5 Å². The van der Waals surface area contributed by atoms with Crippen LogP contribution in [0, 0.1) is 6.92 Å². The molecular formula is C15H18N2O3. The Bertz CT molecular complexity index is 617. The fourth-order valence-corrected chi connectivity index (χ4v) is 1.86. The Hall–Kier alpha value is -2.30. The lowest BCUT2D eigenvalue weighted by Gasteiger charge is -2.11. The minimum absolute atomic E-state index is 0.284. The molecule has 0 saturated carbocycles. The summed E-state index contributed by atoms with van der Waals surface area (Å²) >= 11 is 0. The van der Waals surface area contributed by atoms with Gasteiger partial charge in [-0.2, -0.15) is 0 Å². The maximum absolute atomic E-state index is 12.2. The smallest absolute Gasteiger partial charge is 0.261 e. The van der Waals surface area contributed by atoms with Crippen molar-refractivity contribution in [3.8, 4) is 5.75 Å². The van der Waals surface area contributed by atoms with E-state index in [2.05, 4.69) is 24.3 Å². The number of carbonyl (C=O) groups is 1. The zero-order valence-electron chi connectivity index (χ0n) is 12.1. The molecule has 106 valence electrons. The van der Waals surface area contributed by atoms with Gasteiger partial charge in [0.25, 0.3) is 5.91 Å². The van der Waals surface area contributed by atoms with Crippen LogP contribution in [-0.2, 0) is 0 Å². The minimum atomic E-state index is -0.284. The first-order valence-corrected chi connectivity index (χ1v) is 6.44. The third kappa shape index (κ3) is 2.99. The summed E-state index contributed by atoms with van der Waals surface area (Å²) in [6.07, 6.45) is 0. The average Bonchev–Trinajstić information content (AvgIpc) is 2.83. The number of aromatic nitrogens is 1. The Kier molecular flexibility index (Phi) is 4.08. The van der Waals surface area contributed by atoms with Crippen LogP contribution < -0.4 is 10.1 Å². The number of hydrogen-bond acceptors (Lipinski definition) is 4. The highest BCUT2D eigenvalue weighted by Crippen LogP contribution is 2.25. The molecule has 0 aliphatic rings. The van der Waals surface area contributed by atoms with Crippen LogP contribution in [-0.4, -0.2) is 18.2 Å². The molecule has 1 aromatic heterocycles. The Balaban J connectivity index is 2.25. The molecule has 0 fully saturated rings. The van der Waals surface area contributed by atoms with E-state index in [4.69, 9.17) is 9.26 Å². The van der Waals surface area contributed by atoms with Gasteiger partial charge in [0, 0.05) is 6.07 Å². The van der Waals surface area contributed by atoms with E-state index < -0.39 is 0 Å². The third-order valence-corrected chi connectivity index (χ3v) is 3.00. The summed E-state index contributed by atoms with van der Waals surface area (Å²) in [5, 5.41) is 6.38. The lowest BCUT2D eigenvalue weighted by Crippen LogP contribution is -2.13. The number of ether oxygens (including phenoxy) is 1. The number of nitrogens with one attached hydrogen (secondary N) is 1. The van der Waals surface area contributed by atoms with E-state index in [9.17, 15) is 4.79 Å². The summed E-state index contributed by atoms with van der Waals surface area (Å²) in [5.41, 5.74) is 2.29. The number of amides is 1. The van der Waals surface area contributed by atoms with Crippen molar-refractivity contribution < 1.29 is 14.1 Å². The standard InChI is InChI=1S/C15H18N2O3/c1-9(2)11-5-6-12(13(8-11)19-4)15(18)16-14-7-10(3)17-20-14/h5-9H,1-4H3,(H,16,18). The zero-order valence-corrected chi connectivity index (χ0v) is 12.1. The lowest BCUT2D eigenvalue weighted by atomic mass is 10.0. The SMILES string of the molecule is COc1cc(C(C)C)ccc1C(=O)Nc1cc(C)no1. The van der Waals surface area contributed by atoms with Crippen LogP contribution in [0.1, 0.15) is 41.4 Å².